The molecular formula is C8H15N3O. The fraction of sp³-hybridized carbons (Fsp3) is 0.625. The van der Waals surface area contributed by atoms with Gasteiger partial charge < -0.3 is 0 Å². The fourth-order valence-corrected chi connectivity index (χ4v) is 1.33. The molecule has 4 heteroatoms. The van der Waals surface area contributed by atoms with Gasteiger partial charge in [-0.15, -0.1) is 0 Å². The molecule has 1 rings (SSSR count). The first kappa shape index (κ1) is 9.22. The van der Waals surface area contributed by atoms with Crippen LogP contribution in [0.15, 0.2) is 0 Å². The van der Waals surface area contributed by atoms with E-state index >= 15 is 0 Å². The molecule has 0 aromatic carbocycles. The van der Waals surface area contributed by atoms with E-state index in [1.165, 1.54) is 0 Å². The highest BCUT2D eigenvalue weighted by Crippen LogP contribution is 2.12. The normalized spacial score (nSPS) is 10.7. The number of aromatic nitrogens is 2. The first-order valence-corrected chi connectivity index (χ1v) is 4.05. The molecule has 12 heavy (non-hydrogen) atoms. The van der Waals surface area contributed by atoms with Crippen molar-refractivity contribution in [2.24, 2.45) is 5.90 Å². The monoisotopic (exact) mass is 169 g/mol. The van der Waals surface area contributed by atoms with E-state index in [0.29, 0.717) is 6.61 Å². The summed E-state index contributed by atoms with van der Waals surface area (Å²) < 4.78 is 1.95. The molecule has 0 aliphatic carbocycles. The van der Waals surface area contributed by atoms with Gasteiger partial charge in [0.05, 0.1) is 12.3 Å². The van der Waals surface area contributed by atoms with Crippen molar-refractivity contribution >= 4 is 0 Å². The summed E-state index contributed by atoms with van der Waals surface area (Å²) in [5.41, 5.74) is 3.24. The Labute approximate surface area is 72.3 Å². The summed E-state index contributed by atoms with van der Waals surface area (Å²) in [5.74, 6) is 5.01. The van der Waals surface area contributed by atoms with E-state index in [1.807, 2.05) is 18.5 Å². The van der Waals surface area contributed by atoms with Crippen molar-refractivity contribution in [3.05, 3.63) is 17.0 Å². The molecule has 0 radical (unpaired) electrons. The summed E-state index contributed by atoms with van der Waals surface area (Å²) in [5, 5.41) is 4.33. The molecule has 0 fully saturated rings. The quantitative estimate of drug-likeness (QED) is 0.684. The van der Waals surface area contributed by atoms with Crippen LogP contribution < -0.4 is 5.90 Å². The van der Waals surface area contributed by atoms with Crippen molar-refractivity contribution in [2.75, 3.05) is 0 Å². The third kappa shape index (κ3) is 1.49. The third-order valence-electron chi connectivity index (χ3n) is 2.06. The van der Waals surface area contributed by atoms with E-state index in [1.54, 1.807) is 0 Å². The van der Waals surface area contributed by atoms with Gasteiger partial charge in [-0.25, -0.2) is 5.90 Å². The van der Waals surface area contributed by atoms with Crippen molar-refractivity contribution in [2.45, 2.75) is 33.9 Å². The summed E-state index contributed by atoms with van der Waals surface area (Å²) in [4.78, 5) is 4.59. The number of nitrogens with two attached hydrogens (primary N) is 1. The molecule has 0 atom stereocenters. The first-order chi connectivity index (χ1) is 5.70. The summed E-state index contributed by atoms with van der Waals surface area (Å²) in [6.45, 7) is 7.38. The van der Waals surface area contributed by atoms with Gasteiger partial charge in [0.1, 0.15) is 0 Å². The third-order valence-corrected chi connectivity index (χ3v) is 2.06. The van der Waals surface area contributed by atoms with E-state index in [-0.39, 0.29) is 0 Å². The maximum Gasteiger partial charge on any atom is 0.0965 e. The Morgan fingerprint density at radius 1 is 1.50 bits per heavy atom. The van der Waals surface area contributed by atoms with Gasteiger partial charge in [0, 0.05) is 17.8 Å². The molecule has 1 aromatic rings. The topological polar surface area (TPSA) is 53.1 Å². The molecule has 2 N–H and O–H groups in total. The van der Waals surface area contributed by atoms with Gasteiger partial charge in [-0.05, 0) is 20.8 Å². The number of rotatable bonds is 3. The maximum absolute atomic E-state index is 5.01. The van der Waals surface area contributed by atoms with Crippen LogP contribution in [0.5, 0.6) is 0 Å². The average Bonchev–Trinajstić information content (AvgIpc) is 2.32. The molecule has 0 saturated carbocycles. The van der Waals surface area contributed by atoms with Crippen LogP contribution in [0, 0.1) is 13.8 Å². The van der Waals surface area contributed by atoms with E-state index in [4.69, 9.17) is 5.90 Å². The van der Waals surface area contributed by atoms with Gasteiger partial charge in [0.2, 0.25) is 0 Å². The summed E-state index contributed by atoms with van der Waals surface area (Å²) in [6.07, 6.45) is 0. The van der Waals surface area contributed by atoms with Crippen LogP contribution in [-0.4, -0.2) is 9.78 Å². The molecule has 0 spiro atoms. The van der Waals surface area contributed by atoms with E-state index in [9.17, 15) is 0 Å². The number of nitrogens with zero attached hydrogens (tertiary/aromatic N) is 2. The minimum absolute atomic E-state index is 0.442. The Balaban J connectivity index is 3.01. The zero-order valence-electron chi connectivity index (χ0n) is 7.79. The molecular weight excluding hydrogens is 154 g/mol. The lowest BCUT2D eigenvalue weighted by molar-refractivity contribution is 0.123. The van der Waals surface area contributed by atoms with Gasteiger partial charge >= 0.3 is 0 Å². The predicted molar refractivity (Wildman–Crippen MR) is 46.4 cm³/mol. The largest absolute Gasteiger partial charge is 0.300 e. The molecule has 1 aromatic heterocycles. The lowest BCUT2D eigenvalue weighted by Gasteiger charge is -2.00. The van der Waals surface area contributed by atoms with Gasteiger partial charge in [-0.2, -0.15) is 5.10 Å². The summed E-state index contributed by atoms with van der Waals surface area (Å²) in [6, 6.07) is 0. The highest BCUT2D eigenvalue weighted by atomic mass is 16.6. The SMILES string of the molecule is CCn1nc(C)c(CON)c1C. The Hall–Kier alpha value is -0.870. The number of hydrogen-bond acceptors (Lipinski definition) is 3. The predicted octanol–water partition coefficient (Wildman–Crippen LogP) is 0.910. The van der Waals surface area contributed by atoms with Crippen LogP contribution in [-0.2, 0) is 18.0 Å². The maximum atomic E-state index is 5.01. The highest BCUT2D eigenvalue weighted by Gasteiger charge is 2.09. The van der Waals surface area contributed by atoms with E-state index in [0.717, 1.165) is 23.5 Å². The Kier molecular flexibility index (Phi) is 2.83. The van der Waals surface area contributed by atoms with Gasteiger partial charge in [-0.3, -0.25) is 9.52 Å². The van der Waals surface area contributed by atoms with Crippen LogP contribution in [0.25, 0.3) is 0 Å². The van der Waals surface area contributed by atoms with E-state index in [2.05, 4.69) is 16.9 Å². The number of hydrogen-bond donors (Lipinski definition) is 1. The van der Waals surface area contributed by atoms with Crippen molar-refractivity contribution in [3.63, 3.8) is 0 Å². The van der Waals surface area contributed by atoms with Crippen LogP contribution in [0.3, 0.4) is 0 Å². The van der Waals surface area contributed by atoms with Gasteiger partial charge in [0.25, 0.3) is 0 Å². The van der Waals surface area contributed by atoms with Gasteiger partial charge in [-0.1, -0.05) is 0 Å². The lowest BCUT2D eigenvalue weighted by atomic mass is 10.2. The van der Waals surface area contributed by atoms with Gasteiger partial charge in [0.15, 0.2) is 0 Å². The average molecular weight is 169 g/mol. The zero-order valence-corrected chi connectivity index (χ0v) is 7.79. The molecule has 0 saturated heterocycles. The molecule has 0 aliphatic heterocycles. The summed E-state index contributed by atoms with van der Waals surface area (Å²) >= 11 is 0. The van der Waals surface area contributed by atoms with Crippen LogP contribution in [0.4, 0.5) is 0 Å². The van der Waals surface area contributed by atoms with Crippen LogP contribution in [0.2, 0.25) is 0 Å². The molecule has 68 valence electrons. The van der Waals surface area contributed by atoms with Crippen LogP contribution in [0.1, 0.15) is 23.9 Å². The molecule has 1 heterocycles. The second-order valence-electron chi connectivity index (χ2n) is 2.78. The van der Waals surface area contributed by atoms with Crippen molar-refractivity contribution < 1.29 is 4.84 Å². The van der Waals surface area contributed by atoms with Crippen LogP contribution >= 0.6 is 0 Å². The highest BCUT2D eigenvalue weighted by molar-refractivity contribution is 5.23. The summed E-state index contributed by atoms with van der Waals surface area (Å²) in [7, 11) is 0. The second kappa shape index (κ2) is 3.69. The molecule has 0 aliphatic rings. The zero-order chi connectivity index (χ0) is 9.14. The molecule has 0 amide bonds. The minimum atomic E-state index is 0.442. The van der Waals surface area contributed by atoms with Crippen molar-refractivity contribution in [3.8, 4) is 0 Å². The van der Waals surface area contributed by atoms with E-state index < -0.39 is 0 Å². The second-order valence-corrected chi connectivity index (χ2v) is 2.78. The Morgan fingerprint density at radius 3 is 2.58 bits per heavy atom. The Morgan fingerprint density at radius 2 is 2.17 bits per heavy atom. The minimum Gasteiger partial charge on any atom is -0.300 e. The Bertz CT molecular complexity index is 268. The fourth-order valence-electron chi connectivity index (χ4n) is 1.33. The van der Waals surface area contributed by atoms with Crippen molar-refractivity contribution in [1.29, 1.82) is 0 Å². The smallest absolute Gasteiger partial charge is 0.0965 e. The first-order valence-electron chi connectivity index (χ1n) is 4.05. The lowest BCUT2D eigenvalue weighted by Crippen LogP contribution is -2.02. The molecule has 4 nitrogen and oxygen atoms in total. The number of aryl methyl sites for hydroxylation is 2. The molecule has 0 bridgehead atoms. The standard InChI is InChI=1S/C8H15N3O/c1-4-11-7(3)8(5-12-9)6(2)10-11/h4-5,9H2,1-3H3. The molecule has 0 unspecified atom stereocenters. The van der Waals surface area contributed by atoms with Crippen molar-refractivity contribution in [1.82, 2.24) is 9.78 Å².